The van der Waals surface area contributed by atoms with Crippen LogP contribution in [0, 0.1) is 0 Å². The van der Waals surface area contributed by atoms with Crippen LogP contribution >= 0.6 is 12.2 Å². The zero-order chi connectivity index (χ0) is 14.3. The maximum absolute atomic E-state index is 12.0. The molecule has 2 aromatic rings. The fourth-order valence-corrected chi connectivity index (χ4v) is 2.76. The highest BCUT2D eigenvalue weighted by Gasteiger charge is 2.33. The number of aromatic amines is 1. The number of carbonyl (C=O) groups is 1. The zero-order valence-corrected chi connectivity index (χ0v) is 12.1. The summed E-state index contributed by atoms with van der Waals surface area (Å²) in [6.45, 7) is 0. The summed E-state index contributed by atoms with van der Waals surface area (Å²) in [4.78, 5) is 16.7. The summed E-state index contributed by atoms with van der Waals surface area (Å²) in [7, 11) is 3.33. The third-order valence-electron chi connectivity index (χ3n) is 3.64. The molecule has 0 radical (unpaired) electrons. The molecule has 1 aromatic carbocycles. The second-order valence-corrected chi connectivity index (χ2v) is 5.19. The second-order valence-electron chi connectivity index (χ2n) is 4.80. The van der Waals surface area contributed by atoms with Crippen LogP contribution in [0.4, 0.5) is 0 Å². The zero-order valence-electron chi connectivity index (χ0n) is 11.3. The average molecular weight is 289 g/mol. The Morgan fingerprint density at radius 1 is 1.45 bits per heavy atom. The molecule has 2 heterocycles. The van der Waals surface area contributed by atoms with Crippen LogP contribution in [0.3, 0.4) is 0 Å². The van der Waals surface area contributed by atoms with E-state index in [0.717, 1.165) is 22.2 Å². The number of benzene rings is 1. The molecule has 5 nitrogen and oxygen atoms in total. The van der Waals surface area contributed by atoms with Crippen molar-refractivity contribution in [2.24, 2.45) is 0 Å². The van der Waals surface area contributed by atoms with E-state index in [-0.39, 0.29) is 11.9 Å². The highest BCUT2D eigenvalue weighted by molar-refractivity contribution is 7.80. The molecule has 1 saturated heterocycles. The maximum Gasteiger partial charge on any atom is 0.251 e. The number of carbonyl (C=O) groups excluding carboxylic acids is 1. The van der Waals surface area contributed by atoms with E-state index in [2.05, 4.69) is 10.3 Å². The van der Waals surface area contributed by atoms with Gasteiger partial charge in [-0.1, -0.05) is 12.1 Å². The minimum Gasteiger partial charge on any atom is -0.495 e. The summed E-state index contributed by atoms with van der Waals surface area (Å²) < 4.78 is 5.32. The number of hydrogen-bond acceptors (Lipinski definition) is 3. The lowest BCUT2D eigenvalue weighted by Crippen LogP contribution is -2.31. The van der Waals surface area contributed by atoms with Gasteiger partial charge in [-0.3, -0.25) is 9.69 Å². The SMILES string of the molecule is COc1cccc2c(CC3NC(=S)N(C)C3=O)c[nH]c12. The lowest BCUT2D eigenvalue weighted by molar-refractivity contribution is -0.126. The lowest BCUT2D eigenvalue weighted by Gasteiger charge is -2.08. The van der Waals surface area contributed by atoms with Crippen molar-refractivity contribution < 1.29 is 9.53 Å². The minimum atomic E-state index is -0.294. The molecule has 1 aliphatic heterocycles. The highest BCUT2D eigenvalue weighted by Crippen LogP contribution is 2.28. The van der Waals surface area contributed by atoms with Crippen molar-refractivity contribution in [2.45, 2.75) is 12.5 Å². The van der Waals surface area contributed by atoms with E-state index in [1.165, 1.54) is 4.90 Å². The van der Waals surface area contributed by atoms with Gasteiger partial charge in [0, 0.05) is 25.1 Å². The van der Waals surface area contributed by atoms with Crippen LogP contribution in [0.1, 0.15) is 5.56 Å². The van der Waals surface area contributed by atoms with E-state index in [9.17, 15) is 4.79 Å². The topological polar surface area (TPSA) is 57.4 Å². The summed E-state index contributed by atoms with van der Waals surface area (Å²) in [6.07, 6.45) is 2.51. The van der Waals surface area contributed by atoms with Crippen molar-refractivity contribution in [1.82, 2.24) is 15.2 Å². The van der Waals surface area contributed by atoms with Gasteiger partial charge in [-0.05, 0) is 23.8 Å². The molecule has 1 fully saturated rings. The third kappa shape index (κ3) is 1.92. The number of para-hydroxylation sites is 1. The number of ether oxygens (including phenoxy) is 1. The molecule has 1 atom stereocenters. The Bertz CT molecular complexity index is 695. The molecule has 6 heteroatoms. The van der Waals surface area contributed by atoms with Gasteiger partial charge in [-0.2, -0.15) is 0 Å². The number of likely N-dealkylation sites (N-methyl/N-ethyl adjacent to an activating group) is 1. The summed E-state index contributed by atoms with van der Waals surface area (Å²) in [6, 6.07) is 5.58. The van der Waals surface area contributed by atoms with Gasteiger partial charge in [-0.15, -0.1) is 0 Å². The summed E-state index contributed by atoms with van der Waals surface area (Å²) in [5.74, 6) is 0.805. The van der Waals surface area contributed by atoms with Crippen LogP contribution in [-0.2, 0) is 11.2 Å². The number of nitrogens with zero attached hydrogens (tertiary/aromatic N) is 1. The van der Waals surface area contributed by atoms with E-state index < -0.39 is 0 Å². The highest BCUT2D eigenvalue weighted by atomic mass is 32.1. The summed E-state index contributed by atoms with van der Waals surface area (Å²) in [5, 5.41) is 4.60. The number of aromatic nitrogens is 1. The molecule has 0 saturated carbocycles. The van der Waals surface area contributed by atoms with Gasteiger partial charge in [0.2, 0.25) is 0 Å². The van der Waals surface area contributed by atoms with Crippen molar-refractivity contribution in [2.75, 3.05) is 14.2 Å². The number of nitrogens with one attached hydrogen (secondary N) is 2. The fraction of sp³-hybridized carbons (Fsp3) is 0.286. The van der Waals surface area contributed by atoms with Gasteiger partial charge in [-0.25, -0.2) is 0 Å². The van der Waals surface area contributed by atoms with Gasteiger partial charge < -0.3 is 15.0 Å². The monoisotopic (exact) mass is 289 g/mol. The molecule has 104 valence electrons. The first-order valence-corrected chi connectivity index (χ1v) is 6.73. The molecule has 2 N–H and O–H groups in total. The van der Waals surface area contributed by atoms with Gasteiger partial charge in [0.05, 0.1) is 12.6 Å². The van der Waals surface area contributed by atoms with E-state index in [1.807, 2.05) is 24.4 Å². The third-order valence-corrected chi connectivity index (χ3v) is 4.03. The Morgan fingerprint density at radius 3 is 2.90 bits per heavy atom. The van der Waals surface area contributed by atoms with Crippen molar-refractivity contribution >= 4 is 34.1 Å². The standard InChI is InChI=1S/C14H15N3O2S/c1-17-13(18)10(16-14(17)20)6-8-7-15-12-9(8)4-3-5-11(12)19-2/h3-5,7,10,15H,6H2,1-2H3,(H,16,20). The van der Waals surface area contributed by atoms with Crippen LogP contribution in [-0.4, -0.2) is 41.1 Å². The first kappa shape index (κ1) is 12.9. The Morgan fingerprint density at radius 2 is 2.25 bits per heavy atom. The fourth-order valence-electron chi connectivity index (χ4n) is 2.52. The normalized spacial score (nSPS) is 18.7. The van der Waals surface area contributed by atoms with Crippen LogP contribution in [0.15, 0.2) is 24.4 Å². The minimum absolute atomic E-state index is 0.00671. The van der Waals surface area contributed by atoms with Crippen LogP contribution in [0.25, 0.3) is 10.9 Å². The van der Waals surface area contributed by atoms with E-state index >= 15 is 0 Å². The predicted octanol–water partition coefficient (Wildman–Crippen LogP) is 1.43. The molecule has 3 rings (SSSR count). The van der Waals surface area contributed by atoms with Crippen LogP contribution < -0.4 is 10.1 Å². The number of fused-ring (bicyclic) bond motifs is 1. The first-order chi connectivity index (χ1) is 9.61. The Hall–Kier alpha value is -2.08. The molecular formula is C14H15N3O2S. The molecule has 0 spiro atoms. The number of rotatable bonds is 3. The maximum atomic E-state index is 12.0. The van der Waals surface area contributed by atoms with Gasteiger partial charge in [0.25, 0.3) is 5.91 Å². The molecule has 20 heavy (non-hydrogen) atoms. The molecule has 0 aliphatic carbocycles. The largest absolute Gasteiger partial charge is 0.495 e. The number of H-pyrrole nitrogens is 1. The predicted molar refractivity (Wildman–Crippen MR) is 80.8 cm³/mol. The second kappa shape index (κ2) is 4.79. The van der Waals surface area contributed by atoms with E-state index in [4.69, 9.17) is 17.0 Å². The average Bonchev–Trinajstić information content (AvgIpc) is 2.97. The molecule has 1 aliphatic rings. The van der Waals surface area contributed by atoms with Crippen LogP contribution in [0.2, 0.25) is 0 Å². The van der Waals surface area contributed by atoms with Crippen molar-refractivity contribution in [3.63, 3.8) is 0 Å². The van der Waals surface area contributed by atoms with Crippen molar-refractivity contribution in [3.05, 3.63) is 30.0 Å². The Kier molecular flexibility index (Phi) is 3.10. The molecule has 0 bridgehead atoms. The number of hydrogen-bond donors (Lipinski definition) is 2. The quantitative estimate of drug-likeness (QED) is 0.839. The summed E-state index contributed by atoms with van der Waals surface area (Å²) in [5.41, 5.74) is 2.02. The molecule has 1 unspecified atom stereocenters. The van der Waals surface area contributed by atoms with Crippen LogP contribution in [0.5, 0.6) is 5.75 Å². The number of amides is 1. The molecule has 1 amide bonds. The Balaban J connectivity index is 1.93. The molecular weight excluding hydrogens is 274 g/mol. The van der Waals surface area contributed by atoms with Crippen molar-refractivity contribution in [1.29, 1.82) is 0 Å². The number of methoxy groups -OCH3 is 1. The lowest BCUT2D eigenvalue weighted by atomic mass is 10.0. The Labute approximate surface area is 121 Å². The summed E-state index contributed by atoms with van der Waals surface area (Å²) >= 11 is 5.09. The smallest absolute Gasteiger partial charge is 0.251 e. The van der Waals surface area contributed by atoms with Crippen molar-refractivity contribution in [3.8, 4) is 5.75 Å². The van der Waals surface area contributed by atoms with E-state index in [0.29, 0.717) is 11.5 Å². The van der Waals surface area contributed by atoms with E-state index in [1.54, 1.807) is 14.2 Å². The number of thiocarbonyl (C=S) groups is 1. The van der Waals surface area contributed by atoms with Gasteiger partial charge in [0.15, 0.2) is 5.11 Å². The van der Waals surface area contributed by atoms with Gasteiger partial charge in [0.1, 0.15) is 11.8 Å². The van der Waals surface area contributed by atoms with Gasteiger partial charge >= 0.3 is 0 Å². The first-order valence-electron chi connectivity index (χ1n) is 6.33. The molecule has 1 aromatic heterocycles.